The van der Waals surface area contributed by atoms with Crippen molar-refractivity contribution in [2.24, 2.45) is 5.10 Å². The van der Waals surface area contributed by atoms with E-state index < -0.39 is 0 Å². The highest BCUT2D eigenvalue weighted by atomic mass is 16.6. The van der Waals surface area contributed by atoms with Gasteiger partial charge in [-0.1, -0.05) is 55.5 Å². The van der Waals surface area contributed by atoms with Crippen LogP contribution in [0, 0.1) is 0 Å². The lowest BCUT2D eigenvalue weighted by Crippen LogP contribution is -2.28. The molecule has 0 aliphatic rings. The van der Waals surface area contributed by atoms with Gasteiger partial charge in [-0.05, 0) is 17.7 Å². The molecule has 114 valence electrons. The van der Waals surface area contributed by atoms with Gasteiger partial charge in [0.2, 0.25) is 0 Å². The van der Waals surface area contributed by atoms with Gasteiger partial charge >= 0.3 is 0 Å². The molecule has 0 radical (unpaired) electrons. The maximum absolute atomic E-state index is 11.9. The van der Waals surface area contributed by atoms with E-state index in [-0.39, 0.29) is 5.91 Å². The average Bonchev–Trinajstić information content (AvgIpc) is 2.59. The quantitative estimate of drug-likeness (QED) is 0.489. The van der Waals surface area contributed by atoms with Crippen molar-refractivity contribution in [2.75, 3.05) is 0 Å². The Hall–Kier alpha value is -2.66. The maximum atomic E-state index is 11.9. The Balaban J connectivity index is 1.82. The maximum Gasteiger partial charge on any atom is 0.271 e. The predicted molar refractivity (Wildman–Crippen MR) is 86.0 cm³/mol. The zero-order valence-electron chi connectivity index (χ0n) is 12.5. The summed E-state index contributed by atoms with van der Waals surface area (Å²) in [6, 6.07) is 18.7. The molecule has 0 spiro atoms. The number of benzene rings is 2. The van der Waals surface area contributed by atoms with E-state index in [1.807, 2.05) is 43.3 Å². The molecule has 2 rings (SSSR count). The Kier molecular flexibility index (Phi) is 6.14. The predicted octanol–water partition coefficient (Wildman–Crippen LogP) is 2.86. The van der Waals surface area contributed by atoms with Crippen LogP contribution < -0.4 is 10.9 Å². The van der Waals surface area contributed by atoms with E-state index >= 15 is 0 Å². The first-order valence-corrected chi connectivity index (χ1v) is 7.13. The zero-order valence-corrected chi connectivity index (χ0v) is 12.5. The van der Waals surface area contributed by atoms with Crippen LogP contribution in [0.25, 0.3) is 0 Å². The number of hydrazone groups is 1. The molecule has 2 N–H and O–H groups in total. The molecule has 0 saturated heterocycles. The fourth-order valence-electron chi connectivity index (χ4n) is 1.72. The fraction of sp³-hybridized carbons (Fsp3) is 0.176. The molecular weight excluding hydrogens is 278 g/mol. The molecule has 0 bridgehead atoms. The molecule has 1 amide bonds. The van der Waals surface area contributed by atoms with E-state index in [9.17, 15) is 4.79 Å². The minimum absolute atomic E-state index is 0.253. The molecule has 0 atom stereocenters. The van der Waals surface area contributed by atoms with Crippen molar-refractivity contribution in [1.29, 1.82) is 0 Å². The largest absolute Gasteiger partial charge is 0.271 e. The van der Waals surface area contributed by atoms with Crippen molar-refractivity contribution in [3.05, 3.63) is 71.8 Å². The number of amidine groups is 1. The van der Waals surface area contributed by atoms with Crippen LogP contribution in [0.1, 0.15) is 29.3 Å². The van der Waals surface area contributed by atoms with Crippen molar-refractivity contribution in [1.82, 2.24) is 10.9 Å². The average molecular weight is 297 g/mol. The minimum atomic E-state index is -0.253. The number of amides is 1. The number of nitrogens with zero attached hydrogens (tertiary/aromatic N) is 1. The van der Waals surface area contributed by atoms with Crippen molar-refractivity contribution >= 4 is 11.7 Å². The third-order valence-corrected chi connectivity index (χ3v) is 2.93. The second kappa shape index (κ2) is 8.59. The van der Waals surface area contributed by atoms with Gasteiger partial charge in [0.1, 0.15) is 5.84 Å². The summed E-state index contributed by atoms with van der Waals surface area (Å²) in [5.74, 6) is 0.302. The number of nitrogens with one attached hydrogen (secondary N) is 2. The van der Waals surface area contributed by atoms with Crippen LogP contribution in [-0.4, -0.2) is 11.7 Å². The van der Waals surface area contributed by atoms with E-state index in [2.05, 4.69) is 16.0 Å². The molecule has 2 aromatic carbocycles. The molecule has 0 aromatic heterocycles. The Morgan fingerprint density at radius 1 is 1.05 bits per heavy atom. The summed E-state index contributed by atoms with van der Waals surface area (Å²) in [7, 11) is 0. The van der Waals surface area contributed by atoms with E-state index in [1.165, 1.54) is 0 Å². The van der Waals surface area contributed by atoms with Crippen LogP contribution >= 0.6 is 0 Å². The highest BCUT2D eigenvalue weighted by Crippen LogP contribution is 2.00. The van der Waals surface area contributed by atoms with Crippen LogP contribution in [-0.2, 0) is 11.4 Å². The minimum Gasteiger partial charge on any atom is -0.270 e. The lowest BCUT2D eigenvalue weighted by Gasteiger charge is -2.08. The Morgan fingerprint density at radius 3 is 2.32 bits per heavy atom. The first-order valence-electron chi connectivity index (χ1n) is 7.13. The van der Waals surface area contributed by atoms with Crippen LogP contribution in [0.3, 0.4) is 0 Å². The summed E-state index contributed by atoms with van der Waals surface area (Å²) in [5.41, 5.74) is 6.88. The summed E-state index contributed by atoms with van der Waals surface area (Å²) in [4.78, 5) is 17.3. The summed E-state index contributed by atoms with van der Waals surface area (Å²) < 4.78 is 0. The van der Waals surface area contributed by atoms with Crippen molar-refractivity contribution in [2.45, 2.75) is 20.0 Å². The molecule has 2 aromatic rings. The van der Waals surface area contributed by atoms with Gasteiger partial charge in [0.05, 0.1) is 6.61 Å². The van der Waals surface area contributed by atoms with E-state index in [0.717, 1.165) is 5.56 Å². The molecular formula is C17H19N3O2. The molecule has 0 unspecified atom stereocenters. The highest BCUT2D eigenvalue weighted by Gasteiger charge is 2.03. The van der Waals surface area contributed by atoms with Crippen LogP contribution in [0.2, 0.25) is 0 Å². The Morgan fingerprint density at radius 2 is 1.68 bits per heavy atom. The van der Waals surface area contributed by atoms with Crippen molar-refractivity contribution in [3.63, 3.8) is 0 Å². The van der Waals surface area contributed by atoms with Gasteiger partial charge in [0, 0.05) is 12.0 Å². The molecule has 0 aliphatic heterocycles. The number of rotatable bonds is 6. The molecule has 0 fully saturated rings. The van der Waals surface area contributed by atoms with Crippen LogP contribution in [0.4, 0.5) is 0 Å². The topological polar surface area (TPSA) is 62.7 Å². The first kappa shape index (κ1) is 15.7. The van der Waals surface area contributed by atoms with Crippen LogP contribution in [0.15, 0.2) is 65.8 Å². The van der Waals surface area contributed by atoms with Crippen LogP contribution in [0.5, 0.6) is 0 Å². The van der Waals surface area contributed by atoms with Gasteiger partial charge < -0.3 is 0 Å². The van der Waals surface area contributed by atoms with Crippen molar-refractivity contribution < 1.29 is 9.63 Å². The van der Waals surface area contributed by atoms with E-state index in [4.69, 9.17) is 4.84 Å². The molecule has 5 nitrogen and oxygen atoms in total. The number of carbonyl (C=O) groups excluding carboxylic acids is 1. The SMILES string of the molecule is CC/C(=N\NC(=O)c1ccccc1)NOCc1ccccc1. The monoisotopic (exact) mass is 297 g/mol. The second-order valence-electron chi connectivity index (χ2n) is 4.60. The Labute approximate surface area is 130 Å². The first-order chi connectivity index (χ1) is 10.8. The number of hydroxylamine groups is 1. The number of hydrogen-bond acceptors (Lipinski definition) is 3. The molecule has 0 saturated carbocycles. The van der Waals surface area contributed by atoms with Gasteiger partial charge in [-0.3, -0.25) is 15.1 Å². The van der Waals surface area contributed by atoms with E-state index in [1.54, 1.807) is 24.3 Å². The van der Waals surface area contributed by atoms with Gasteiger partial charge in [0.15, 0.2) is 0 Å². The third kappa shape index (κ3) is 5.03. The van der Waals surface area contributed by atoms with Gasteiger partial charge in [-0.25, -0.2) is 5.43 Å². The molecule has 0 aliphatic carbocycles. The van der Waals surface area contributed by atoms with E-state index in [0.29, 0.717) is 24.4 Å². The summed E-state index contributed by atoms with van der Waals surface area (Å²) in [5, 5.41) is 4.03. The molecule has 22 heavy (non-hydrogen) atoms. The standard InChI is InChI=1S/C17H19N3O2/c1-2-16(20-22-13-14-9-5-3-6-10-14)18-19-17(21)15-11-7-4-8-12-15/h3-12H,2,13H2,1H3,(H,18,20)(H,19,21). The summed E-state index contributed by atoms with van der Waals surface area (Å²) in [6.07, 6.45) is 0.615. The summed E-state index contributed by atoms with van der Waals surface area (Å²) in [6.45, 7) is 2.35. The number of carbonyl (C=O) groups is 1. The highest BCUT2D eigenvalue weighted by molar-refractivity contribution is 5.95. The van der Waals surface area contributed by atoms with Gasteiger partial charge in [-0.15, -0.1) is 0 Å². The summed E-state index contributed by atoms with van der Waals surface area (Å²) >= 11 is 0. The molecule has 0 heterocycles. The van der Waals surface area contributed by atoms with Gasteiger partial charge in [0.25, 0.3) is 5.91 Å². The number of hydrogen-bond donors (Lipinski definition) is 2. The Bertz CT molecular complexity index is 612. The smallest absolute Gasteiger partial charge is 0.270 e. The zero-order chi connectivity index (χ0) is 15.6. The molecule has 5 heteroatoms. The fourth-order valence-corrected chi connectivity index (χ4v) is 1.72. The van der Waals surface area contributed by atoms with Crippen molar-refractivity contribution in [3.8, 4) is 0 Å². The second-order valence-corrected chi connectivity index (χ2v) is 4.60. The third-order valence-electron chi connectivity index (χ3n) is 2.93. The lowest BCUT2D eigenvalue weighted by atomic mass is 10.2. The normalized spacial score (nSPS) is 11.0. The lowest BCUT2D eigenvalue weighted by molar-refractivity contribution is 0.0693. The van der Waals surface area contributed by atoms with Gasteiger partial charge in [-0.2, -0.15) is 5.10 Å².